The van der Waals surface area contributed by atoms with Crippen LogP contribution in [0.25, 0.3) is 0 Å². The minimum Gasteiger partial charge on any atom is -0.378 e. The van der Waals surface area contributed by atoms with E-state index >= 15 is 0 Å². The van der Waals surface area contributed by atoms with E-state index in [1.807, 2.05) is 17.8 Å². The Bertz CT molecular complexity index is 334. The fraction of sp³-hybridized carbons (Fsp3) is 0.818. The third-order valence-electron chi connectivity index (χ3n) is 3.07. The predicted molar refractivity (Wildman–Crippen MR) is 64.4 cm³/mol. The zero-order valence-corrected chi connectivity index (χ0v) is 10.3. The molecule has 1 saturated carbocycles. The van der Waals surface area contributed by atoms with Crippen molar-refractivity contribution in [1.82, 2.24) is 20.3 Å². The van der Waals surface area contributed by atoms with Crippen LogP contribution in [0.15, 0.2) is 6.20 Å². The molecule has 0 spiro atoms. The molecule has 6 heteroatoms. The first-order valence-electron chi connectivity index (χ1n) is 6.26. The SMILES string of the molecule is CCOC1CC(NCCn2cc(CN)nn2)C1. The molecule has 0 amide bonds. The molecule has 1 aliphatic carbocycles. The Kier molecular flexibility index (Phi) is 4.47. The van der Waals surface area contributed by atoms with Gasteiger partial charge in [0.1, 0.15) is 0 Å². The van der Waals surface area contributed by atoms with Crippen molar-refractivity contribution in [3.8, 4) is 0 Å². The van der Waals surface area contributed by atoms with Gasteiger partial charge in [-0.05, 0) is 19.8 Å². The largest absolute Gasteiger partial charge is 0.378 e. The first-order valence-corrected chi connectivity index (χ1v) is 6.26. The Balaban J connectivity index is 1.58. The molecule has 1 aromatic heterocycles. The van der Waals surface area contributed by atoms with Crippen LogP contribution in [0.5, 0.6) is 0 Å². The molecule has 17 heavy (non-hydrogen) atoms. The molecule has 1 aliphatic rings. The Hall–Kier alpha value is -0.980. The molecule has 1 fully saturated rings. The molecule has 0 aliphatic heterocycles. The van der Waals surface area contributed by atoms with Gasteiger partial charge in [0.15, 0.2) is 0 Å². The average Bonchev–Trinajstić information content (AvgIpc) is 2.73. The van der Waals surface area contributed by atoms with Gasteiger partial charge >= 0.3 is 0 Å². The minimum atomic E-state index is 0.450. The van der Waals surface area contributed by atoms with Gasteiger partial charge in [-0.2, -0.15) is 0 Å². The second-order valence-electron chi connectivity index (χ2n) is 4.38. The molecule has 1 aromatic rings. The van der Waals surface area contributed by atoms with E-state index in [0.29, 0.717) is 18.7 Å². The second-order valence-corrected chi connectivity index (χ2v) is 4.38. The topological polar surface area (TPSA) is 78.0 Å². The zero-order chi connectivity index (χ0) is 12.1. The van der Waals surface area contributed by atoms with Crippen molar-refractivity contribution >= 4 is 0 Å². The molecule has 0 bridgehead atoms. The first-order chi connectivity index (χ1) is 8.31. The van der Waals surface area contributed by atoms with Gasteiger partial charge < -0.3 is 15.8 Å². The fourth-order valence-corrected chi connectivity index (χ4v) is 2.03. The van der Waals surface area contributed by atoms with E-state index in [-0.39, 0.29) is 0 Å². The normalized spacial score (nSPS) is 23.6. The smallest absolute Gasteiger partial charge is 0.0962 e. The highest BCUT2D eigenvalue weighted by atomic mass is 16.5. The van der Waals surface area contributed by atoms with Gasteiger partial charge in [0.2, 0.25) is 0 Å². The maximum atomic E-state index is 5.51. The lowest BCUT2D eigenvalue weighted by Crippen LogP contribution is -2.46. The number of nitrogens with one attached hydrogen (secondary N) is 1. The molecule has 0 aromatic carbocycles. The van der Waals surface area contributed by atoms with Crippen molar-refractivity contribution in [2.24, 2.45) is 5.73 Å². The molecule has 3 N–H and O–H groups in total. The summed E-state index contributed by atoms with van der Waals surface area (Å²) in [7, 11) is 0. The number of ether oxygens (including phenoxy) is 1. The van der Waals surface area contributed by atoms with E-state index in [2.05, 4.69) is 15.6 Å². The van der Waals surface area contributed by atoms with Gasteiger partial charge in [-0.25, -0.2) is 0 Å². The van der Waals surface area contributed by atoms with Crippen LogP contribution < -0.4 is 11.1 Å². The van der Waals surface area contributed by atoms with Gasteiger partial charge in [-0.15, -0.1) is 5.10 Å². The van der Waals surface area contributed by atoms with E-state index in [1.165, 1.54) is 0 Å². The Morgan fingerprint density at radius 3 is 3.06 bits per heavy atom. The zero-order valence-electron chi connectivity index (χ0n) is 10.3. The predicted octanol–water partition coefficient (Wildman–Crippen LogP) is -0.106. The van der Waals surface area contributed by atoms with E-state index in [4.69, 9.17) is 10.5 Å². The number of hydrogen-bond donors (Lipinski definition) is 2. The first kappa shape index (κ1) is 12.5. The van der Waals surface area contributed by atoms with Crippen molar-refractivity contribution in [1.29, 1.82) is 0 Å². The number of hydrogen-bond acceptors (Lipinski definition) is 5. The summed E-state index contributed by atoms with van der Waals surface area (Å²) >= 11 is 0. The summed E-state index contributed by atoms with van der Waals surface area (Å²) < 4.78 is 7.34. The highest BCUT2D eigenvalue weighted by molar-refractivity contribution is 4.90. The van der Waals surface area contributed by atoms with E-state index in [0.717, 1.165) is 38.2 Å². The summed E-state index contributed by atoms with van der Waals surface area (Å²) in [5, 5.41) is 11.4. The van der Waals surface area contributed by atoms with Crippen molar-refractivity contribution in [2.45, 2.75) is 45.0 Å². The van der Waals surface area contributed by atoms with Crippen LogP contribution in [0, 0.1) is 0 Å². The molecule has 6 nitrogen and oxygen atoms in total. The molecule has 0 unspecified atom stereocenters. The molecule has 2 rings (SSSR count). The number of nitrogens with zero attached hydrogens (tertiary/aromatic N) is 3. The molecule has 0 radical (unpaired) electrons. The van der Waals surface area contributed by atoms with Gasteiger partial charge in [0.05, 0.1) is 18.3 Å². The van der Waals surface area contributed by atoms with E-state index in [1.54, 1.807) is 0 Å². The molecule has 1 heterocycles. The highest BCUT2D eigenvalue weighted by Gasteiger charge is 2.28. The third-order valence-corrected chi connectivity index (χ3v) is 3.07. The van der Waals surface area contributed by atoms with Gasteiger partial charge in [-0.3, -0.25) is 4.68 Å². The summed E-state index contributed by atoms with van der Waals surface area (Å²) in [5.41, 5.74) is 6.31. The standard InChI is InChI=1S/C11H21N5O/c1-2-17-11-5-9(6-11)13-3-4-16-8-10(7-12)14-15-16/h8-9,11,13H,2-7,12H2,1H3. The third kappa shape index (κ3) is 3.49. The van der Waals surface area contributed by atoms with E-state index < -0.39 is 0 Å². The van der Waals surface area contributed by atoms with Crippen molar-refractivity contribution in [3.05, 3.63) is 11.9 Å². The minimum absolute atomic E-state index is 0.450. The van der Waals surface area contributed by atoms with Crippen LogP contribution in [-0.2, 0) is 17.8 Å². The Labute approximate surface area is 102 Å². The van der Waals surface area contributed by atoms with Gasteiger partial charge in [0.25, 0.3) is 0 Å². The molecule has 96 valence electrons. The van der Waals surface area contributed by atoms with Crippen LogP contribution in [-0.4, -0.2) is 40.3 Å². The summed E-state index contributed by atoms with van der Waals surface area (Å²) in [5.74, 6) is 0. The maximum Gasteiger partial charge on any atom is 0.0962 e. The quantitative estimate of drug-likeness (QED) is 0.694. The fourth-order valence-electron chi connectivity index (χ4n) is 2.03. The maximum absolute atomic E-state index is 5.51. The van der Waals surface area contributed by atoms with Crippen molar-refractivity contribution in [3.63, 3.8) is 0 Å². The summed E-state index contributed by atoms with van der Waals surface area (Å²) in [6.45, 7) is 5.06. The van der Waals surface area contributed by atoms with Crippen LogP contribution in [0.2, 0.25) is 0 Å². The van der Waals surface area contributed by atoms with Crippen LogP contribution >= 0.6 is 0 Å². The van der Waals surface area contributed by atoms with Crippen molar-refractivity contribution in [2.75, 3.05) is 13.2 Å². The molecule has 0 saturated heterocycles. The van der Waals surface area contributed by atoms with Crippen LogP contribution in [0.4, 0.5) is 0 Å². The van der Waals surface area contributed by atoms with Crippen LogP contribution in [0.1, 0.15) is 25.5 Å². The second kappa shape index (κ2) is 6.09. The summed E-state index contributed by atoms with van der Waals surface area (Å²) in [4.78, 5) is 0. The molecule has 0 atom stereocenters. The Morgan fingerprint density at radius 2 is 2.41 bits per heavy atom. The number of nitrogens with two attached hydrogens (primary N) is 1. The Morgan fingerprint density at radius 1 is 1.59 bits per heavy atom. The van der Waals surface area contributed by atoms with Gasteiger partial charge in [0, 0.05) is 31.9 Å². The monoisotopic (exact) mass is 239 g/mol. The molecular weight excluding hydrogens is 218 g/mol. The average molecular weight is 239 g/mol. The highest BCUT2D eigenvalue weighted by Crippen LogP contribution is 2.22. The van der Waals surface area contributed by atoms with Crippen LogP contribution in [0.3, 0.4) is 0 Å². The van der Waals surface area contributed by atoms with Crippen molar-refractivity contribution < 1.29 is 4.74 Å². The lowest BCUT2D eigenvalue weighted by atomic mass is 9.89. The lowest BCUT2D eigenvalue weighted by Gasteiger charge is -2.35. The summed E-state index contributed by atoms with van der Waals surface area (Å²) in [6.07, 6.45) is 4.61. The number of rotatable bonds is 7. The summed E-state index contributed by atoms with van der Waals surface area (Å²) in [6, 6.07) is 0.601. The van der Waals surface area contributed by atoms with E-state index in [9.17, 15) is 0 Å². The lowest BCUT2D eigenvalue weighted by molar-refractivity contribution is -0.00989. The van der Waals surface area contributed by atoms with Gasteiger partial charge in [-0.1, -0.05) is 5.21 Å². The number of aromatic nitrogens is 3. The molecular formula is C11H21N5O.